The minimum Gasteiger partial charge on any atom is -0.494 e. The Morgan fingerprint density at radius 2 is 1.64 bits per heavy atom. The molecular weight excluding hydrogens is 405 g/mol. The summed E-state index contributed by atoms with van der Waals surface area (Å²) >= 11 is 12.2. The maximum Gasteiger partial charge on any atom is 0.309 e. The van der Waals surface area contributed by atoms with E-state index in [2.05, 4.69) is 5.32 Å². The number of hydrogen-bond donors (Lipinski definition) is 1. The van der Waals surface area contributed by atoms with Crippen molar-refractivity contribution in [3.63, 3.8) is 0 Å². The van der Waals surface area contributed by atoms with Gasteiger partial charge < -0.3 is 19.5 Å². The smallest absolute Gasteiger partial charge is 0.309 e. The highest BCUT2D eigenvalue weighted by molar-refractivity contribution is 6.40. The highest BCUT2D eigenvalue weighted by atomic mass is 35.5. The van der Waals surface area contributed by atoms with Crippen molar-refractivity contribution >= 4 is 40.8 Å². The number of anilines is 1. The van der Waals surface area contributed by atoms with Crippen molar-refractivity contribution in [1.29, 1.82) is 0 Å². The van der Waals surface area contributed by atoms with Crippen LogP contribution >= 0.6 is 23.2 Å². The average Bonchev–Trinajstić information content (AvgIpc) is 2.68. The van der Waals surface area contributed by atoms with Crippen molar-refractivity contribution in [2.45, 2.75) is 20.3 Å². The van der Waals surface area contributed by atoms with Crippen molar-refractivity contribution in [2.75, 3.05) is 25.1 Å². The van der Waals surface area contributed by atoms with Crippen LogP contribution in [0.2, 0.25) is 10.0 Å². The molecule has 1 N–H and O–H groups in total. The Hall–Kier alpha value is -2.44. The molecule has 6 nitrogen and oxygen atoms in total. The van der Waals surface area contributed by atoms with Crippen molar-refractivity contribution in [3.8, 4) is 11.5 Å². The fraction of sp³-hybridized carbons (Fsp3) is 0.300. The summed E-state index contributed by atoms with van der Waals surface area (Å²) in [7, 11) is 0. The Kier molecular flexibility index (Phi) is 8.42. The van der Waals surface area contributed by atoms with E-state index in [0.717, 1.165) is 11.3 Å². The number of carbonyl (C=O) groups is 2. The zero-order valence-corrected chi connectivity index (χ0v) is 17.1. The van der Waals surface area contributed by atoms with E-state index >= 15 is 0 Å². The first-order valence-corrected chi connectivity index (χ1v) is 9.42. The summed E-state index contributed by atoms with van der Waals surface area (Å²) in [6.07, 6.45) is 0.00640. The minimum absolute atomic E-state index is 0.00640. The Morgan fingerprint density at radius 1 is 1.00 bits per heavy atom. The number of benzene rings is 2. The van der Waals surface area contributed by atoms with Gasteiger partial charge in [0.05, 0.1) is 35.4 Å². The van der Waals surface area contributed by atoms with Gasteiger partial charge in [-0.1, -0.05) is 29.3 Å². The van der Waals surface area contributed by atoms with Crippen molar-refractivity contribution in [3.05, 3.63) is 52.0 Å². The van der Waals surface area contributed by atoms with Crippen LogP contribution < -0.4 is 14.8 Å². The first-order chi connectivity index (χ1) is 13.4. The Morgan fingerprint density at radius 3 is 2.29 bits per heavy atom. The second-order valence-corrected chi connectivity index (χ2v) is 6.55. The highest BCUT2D eigenvalue weighted by Crippen LogP contribution is 2.32. The molecule has 0 atom stereocenters. The molecule has 0 bridgehead atoms. The van der Waals surface area contributed by atoms with Gasteiger partial charge in [-0.3, -0.25) is 9.59 Å². The lowest BCUT2D eigenvalue weighted by Crippen LogP contribution is -2.22. The summed E-state index contributed by atoms with van der Waals surface area (Å²) in [6, 6.07) is 10.4. The number of hydrogen-bond acceptors (Lipinski definition) is 5. The maximum atomic E-state index is 12.0. The number of rotatable bonds is 9. The lowest BCUT2D eigenvalue weighted by atomic mass is 10.2. The summed E-state index contributed by atoms with van der Waals surface area (Å²) in [6.45, 7) is 3.97. The molecule has 0 spiro atoms. The van der Waals surface area contributed by atoms with Gasteiger partial charge in [0, 0.05) is 0 Å². The van der Waals surface area contributed by atoms with Gasteiger partial charge in [0.1, 0.15) is 11.5 Å². The molecule has 28 heavy (non-hydrogen) atoms. The third-order valence-electron chi connectivity index (χ3n) is 3.62. The molecule has 0 aliphatic carbocycles. The largest absolute Gasteiger partial charge is 0.494 e. The van der Waals surface area contributed by atoms with Gasteiger partial charge in [0.25, 0.3) is 5.91 Å². The molecule has 150 valence electrons. The molecule has 0 aliphatic rings. The van der Waals surface area contributed by atoms with Crippen LogP contribution in [-0.4, -0.2) is 31.7 Å². The van der Waals surface area contributed by atoms with E-state index in [1.165, 1.54) is 0 Å². The van der Waals surface area contributed by atoms with E-state index in [9.17, 15) is 9.59 Å². The molecule has 0 radical (unpaired) electrons. The summed E-state index contributed by atoms with van der Waals surface area (Å²) in [5.41, 5.74) is 1.06. The van der Waals surface area contributed by atoms with Crippen molar-refractivity contribution < 1.29 is 23.8 Å². The molecule has 0 unspecified atom stereocenters. The zero-order chi connectivity index (χ0) is 20.5. The molecule has 0 fully saturated rings. The Labute approximate surface area is 173 Å². The zero-order valence-electron chi connectivity index (χ0n) is 15.6. The fourth-order valence-electron chi connectivity index (χ4n) is 2.22. The molecule has 8 heteroatoms. The molecule has 0 aliphatic heterocycles. The second kappa shape index (κ2) is 10.8. The van der Waals surface area contributed by atoms with E-state index in [1.54, 1.807) is 43.3 Å². The third-order valence-corrected chi connectivity index (χ3v) is 4.42. The Bertz CT molecular complexity index is 824. The fourth-order valence-corrected chi connectivity index (χ4v) is 2.68. The number of carbonyl (C=O) groups excluding carboxylic acids is 2. The predicted octanol–water partition coefficient (Wildman–Crippen LogP) is 4.65. The maximum absolute atomic E-state index is 12.0. The van der Waals surface area contributed by atoms with E-state index < -0.39 is 18.5 Å². The van der Waals surface area contributed by atoms with Gasteiger partial charge in [-0.15, -0.1) is 0 Å². The molecular formula is C20H21Cl2NO5. The Balaban J connectivity index is 1.72. The van der Waals surface area contributed by atoms with E-state index in [1.807, 2.05) is 6.92 Å². The molecule has 0 heterocycles. The lowest BCUT2D eigenvalue weighted by molar-refractivity contribution is -0.147. The topological polar surface area (TPSA) is 73.9 Å². The summed E-state index contributed by atoms with van der Waals surface area (Å²) in [4.78, 5) is 23.7. The number of amides is 1. The molecule has 1 amide bonds. The van der Waals surface area contributed by atoms with Gasteiger partial charge in [0.15, 0.2) is 6.61 Å². The number of ether oxygens (including phenoxy) is 3. The van der Waals surface area contributed by atoms with Crippen LogP contribution in [0.15, 0.2) is 36.4 Å². The lowest BCUT2D eigenvalue weighted by Gasteiger charge is -2.11. The number of aryl methyl sites for hydroxylation is 1. The van der Waals surface area contributed by atoms with E-state index in [4.69, 9.17) is 37.4 Å². The molecule has 0 aromatic heterocycles. The normalized spacial score (nSPS) is 10.3. The van der Waals surface area contributed by atoms with Gasteiger partial charge in [-0.2, -0.15) is 0 Å². The quantitative estimate of drug-likeness (QED) is 0.591. The van der Waals surface area contributed by atoms with Crippen LogP contribution in [0, 0.1) is 6.92 Å². The number of nitrogens with one attached hydrogen (secondary N) is 1. The highest BCUT2D eigenvalue weighted by Gasteiger charge is 2.13. The molecule has 2 aromatic carbocycles. The summed E-state index contributed by atoms with van der Waals surface area (Å²) in [5, 5.41) is 3.20. The van der Waals surface area contributed by atoms with Crippen LogP contribution in [0.3, 0.4) is 0 Å². The molecule has 2 rings (SSSR count). The molecule has 0 saturated heterocycles. The van der Waals surface area contributed by atoms with E-state index in [-0.39, 0.29) is 13.0 Å². The summed E-state index contributed by atoms with van der Waals surface area (Å²) < 4.78 is 15.7. The number of halogens is 2. The van der Waals surface area contributed by atoms with Crippen LogP contribution in [0.1, 0.15) is 18.9 Å². The van der Waals surface area contributed by atoms with E-state index in [0.29, 0.717) is 28.1 Å². The van der Waals surface area contributed by atoms with Gasteiger partial charge in [0.2, 0.25) is 0 Å². The van der Waals surface area contributed by atoms with Gasteiger partial charge >= 0.3 is 5.97 Å². The minimum atomic E-state index is -0.553. The van der Waals surface area contributed by atoms with Crippen LogP contribution in [0.25, 0.3) is 0 Å². The first kappa shape index (κ1) is 21.9. The average molecular weight is 426 g/mol. The van der Waals surface area contributed by atoms with Crippen LogP contribution in [0.4, 0.5) is 5.69 Å². The standard InChI is InChI=1S/C20H21Cl2NO5/c1-3-26-14-5-7-15(8-6-14)27-11-10-18(25)28-12-17(24)23-20-16(21)9-4-13(2)19(20)22/h4-9H,3,10-12H2,1-2H3,(H,23,24). The molecule has 2 aromatic rings. The van der Waals surface area contributed by atoms with Crippen LogP contribution in [-0.2, 0) is 14.3 Å². The predicted molar refractivity (Wildman–Crippen MR) is 109 cm³/mol. The number of esters is 1. The molecule has 0 saturated carbocycles. The summed E-state index contributed by atoms with van der Waals surface area (Å²) in [5.74, 6) is 0.268. The first-order valence-electron chi connectivity index (χ1n) is 8.66. The van der Waals surface area contributed by atoms with Crippen molar-refractivity contribution in [2.24, 2.45) is 0 Å². The van der Waals surface area contributed by atoms with Crippen molar-refractivity contribution in [1.82, 2.24) is 0 Å². The van der Waals surface area contributed by atoms with Gasteiger partial charge in [-0.25, -0.2) is 0 Å². The van der Waals surface area contributed by atoms with Crippen LogP contribution in [0.5, 0.6) is 11.5 Å². The van der Waals surface area contributed by atoms with Gasteiger partial charge in [-0.05, 0) is 49.7 Å². The second-order valence-electron chi connectivity index (χ2n) is 5.77. The third kappa shape index (κ3) is 6.62. The SMILES string of the molecule is CCOc1ccc(OCCC(=O)OCC(=O)Nc2c(Cl)ccc(C)c2Cl)cc1. The monoisotopic (exact) mass is 425 g/mol.